The lowest BCUT2D eigenvalue weighted by Gasteiger charge is -2.35. The maximum absolute atomic E-state index is 12.8. The molecule has 1 saturated carbocycles. The number of hydrogen-bond acceptors (Lipinski definition) is 4. The lowest BCUT2D eigenvalue weighted by atomic mass is 9.99. The SMILES string of the molecule is CC(C)C[C@@H]1C(=O)NCCN1C(=O)c1cc(=O)[nH]c(C2CC2)n1. The largest absolute Gasteiger partial charge is 0.353 e. The molecular weight excluding hydrogens is 296 g/mol. The topological polar surface area (TPSA) is 95.2 Å². The highest BCUT2D eigenvalue weighted by Gasteiger charge is 2.35. The Labute approximate surface area is 134 Å². The third-order valence-corrected chi connectivity index (χ3v) is 4.23. The van der Waals surface area contributed by atoms with Gasteiger partial charge < -0.3 is 15.2 Å². The molecule has 1 aliphatic carbocycles. The van der Waals surface area contributed by atoms with Crippen molar-refractivity contribution in [2.45, 2.75) is 45.1 Å². The summed E-state index contributed by atoms with van der Waals surface area (Å²) in [6.07, 6.45) is 2.57. The van der Waals surface area contributed by atoms with E-state index in [0.29, 0.717) is 25.3 Å². The number of nitrogens with zero attached hydrogens (tertiary/aromatic N) is 2. The molecule has 2 fully saturated rings. The number of hydrogen-bond donors (Lipinski definition) is 2. The minimum absolute atomic E-state index is 0.134. The Kier molecular flexibility index (Phi) is 4.19. The first-order chi connectivity index (χ1) is 11.0. The van der Waals surface area contributed by atoms with E-state index in [4.69, 9.17) is 0 Å². The summed E-state index contributed by atoms with van der Waals surface area (Å²) in [5, 5.41) is 2.80. The molecule has 23 heavy (non-hydrogen) atoms. The van der Waals surface area contributed by atoms with E-state index in [1.807, 2.05) is 13.8 Å². The van der Waals surface area contributed by atoms with Gasteiger partial charge in [-0.2, -0.15) is 0 Å². The van der Waals surface area contributed by atoms with Crippen molar-refractivity contribution in [2.24, 2.45) is 5.92 Å². The van der Waals surface area contributed by atoms with E-state index in [2.05, 4.69) is 15.3 Å². The monoisotopic (exact) mass is 318 g/mol. The lowest BCUT2D eigenvalue weighted by molar-refractivity contribution is -0.128. The fourth-order valence-corrected chi connectivity index (χ4v) is 2.92. The second-order valence-electron chi connectivity index (χ2n) is 6.73. The number of aromatic amines is 1. The highest BCUT2D eigenvalue weighted by atomic mass is 16.2. The maximum Gasteiger partial charge on any atom is 0.273 e. The summed E-state index contributed by atoms with van der Waals surface area (Å²) in [6, 6.07) is 0.731. The average molecular weight is 318 g/mol. The molecule has 3 rings (SSSR count). The van der Waals surface area contributed by atoms with Gasteiger partial charge in [-0.25, -0.2) is 4.98 Å². The number of aromatic nitrogens is 2. The normalized spacial score (nSPS) is 21.4. The van der Waals surface area contributed by atoms with E-state index in [-0.39, 0.29) is 34.9 Å². The van der Waals surface area contributed by atoms with E-state index in [1.165, 1.54) is 6.07 Å². The predicted molar refractivity (Wildman–Crippen MR) is 84.1 cm³/mol. The number of piperazine rings is 1. The zero-order valence-corrected chi connectivity index (χ0v) is 13.5. The van der Waals surface area contributed by atoms with Crippen LogP contribution in [0.5, 0.6) is 0 Å². The van der Waals surface area contributed by atoms with Crippen LogP contribution in [0.1, 0.15) is 55.3 Å². The minimum Gasteiger partial charge on any atom is -0.353 e. The molecule has 1 aliphatic heterocycles. The summed E-state index contributed by atoms with van der Waals surface area (Å²) in [7, 11) is 0. The van der Waals surface area contributed by atoms with Crippen LogP contribution in [-0.4, -0.2) is 45.8 Å². The summed E-state index contributed by atoms with van der Waals surface area (Å²) in [5.74, 6) is 0.659. The molecule has 2 N–H and O–H groups in total. The second-order valence-corrected chi connectivity index (χ2v) is 6.73. The molecule has 2 amide bonds. The molecule has 0 unspecified atom stereocenters. The Morgan fingerprint density at radius 2 is 2.13 bits per heavy atom. The quantitative estimate of drug-likeness (QED) is 0.851. The van der Waals surface area contributed by atoms with Gasteiger partial charge in [0.15, 0.2) is 0 Å². The highest BCUT2D eigenvalue weighted by Crippen LogP contribution is 2.37. The molecule has 0 aromatic carbocycles. The third kappa shape index (κ3) is 3.43. The van der Waals surface area contributed by atoms with E-state index in [1.54, 1.807) is 4.90 Å². The molecule has 1 atom stereocenters. The van der Waals surface area contributed by atoms with Gasteiger partial charge >= 0.3 is 0 Å². The zero-order chi connectivity index (χ0) is 16.6. The van der Waals surface area contributed by atoms with E-state index in [0.717, 1.165) is 12.8 Å². The third-order valence-electron chi connectivity index (χ3n) is 4.23. The van der Waals surface area contributed by atoms with E-state index >= 15 is 0 Å². The molecule has 7 heteroatoms. The molecule has 7 nitrogen and oxygen atoms in total. The van der Waals surface area contributed by atoms with Crippen LogP contribution in [0, 0.1) is 5.92 Å². The van der Waals surface area contributed by atoms with Gasteiger partial charge in [0.25, 0.3) is 11.5 Å². The Hall–Kier alpha value is -2.18. The molecule has 2 heterocycles. The van der Waals surface area contributed by atoms with E-state index < -0.39 is 6.04 Å². The van der Waals surface area contributed by atoms with Crippen LogP contribution in [-0.2, 0) is 4.79 Å². The van der Waals surface area contributed by atoms with Gasteiger partial charge in [-0.15, -0.1) is 0 Å². The van der Waals surface area contributed by atoms with E-state index in [9.17, 15) is 14.4 Å². The summed E-state index contributed by atoms with van der Waals surface area (Å²) in [4.78, 5) is 45.3. The smallest absolute Gasteiger partial charge is 0.273 e. The minimum atomic E-state index is -0.498. The van der Waals surface area contributed by atoms with Crippen LogP contribution in [0.3, 0.4) is 0 Å². The second kappa shape index (κ2) is 6.14. The van der Waals surface area contributed by atoms with Gasteiger partial charge in [0, 0.05) is 25.1 Å². The van der Waals surface area contributed by atoms with Crippen molar-refractivity contribution in [3.8, 4) is 0 Å². The number of carbonyl (C=O) groups excluding carboxylic acids is 2. The van der Waals surface area contributed by atoms with Crippen LogP contribution in [0.2, 0.25) is 0 Å². The Morgan fingerprint density at radius 1 is 1.39 bits per heavy atom. The van der Waals surface area contributed by atoms with Crippen molar-refractivity contribution >= 4 is 11.8 Å². The number of carbonyl (C=O) groups is 2. The summed E-state index contributed by atoms with van der Waals surface area (Å²) in [6.45, 7) is 4.90. The van der Waals surface area contributed by atoms with Gasteiger partial charge in [0.05, 0.1) is 0 Å². The van der Waals surface area contributed by atoms with Crippen molar-refractivity contribution < 1.29 is 9.59 Å². The standard InChI is InChI=1S/C16H22N4O3/c1-9(2)7-12-15(22)17-5-6-20(12)16(23)11-8-13(21)19-14(18-11)10-3-4-10/h8-10,12H,3-7H2,1-2H3,(H,17,22)(H,18,19,21)/t12-/m1/s1. The van der Waals surface area contributed by atoms with Gasteiger partial charge in [0.2, 0.25) is 5.91 Å². The van der Waals surface area contributed by atoms with Gasteiger partial charge in [-0.1, -0.05) is 13.8 Å². The molecule has 0 spiro atoms. The van der Waals surface area contributed by atoms with Crippen molar-refractivity contribution in [3.05, 3.63) is 27.9 Å². The maximum atomic E-state index is 12.8. The summed E-state index contributed by atoms with van der Waals surface area (Å²) in [5.41, 5.74) is -0.175. The molecule has 1 aromatic rings. The van der Waals surface area contributed by atoms with Crippen molar-refractivity contribution in [2.75, 3.05) is 13.1 Å². The van der Waals surface area contributed by atoms with Crippen LogP contribution >= 0.6 is 0 Å². The average Bonchev–Trinajstić information content (AvgIpc) is 3.32. The number of amides is 2. The fraction of sp³-hybridized carbons (Fsp3) is 0.625. The highest BCUT2D eigenvalue weighted by molar-refractivity contribution is 5.96. The number of nitrogens with one attached hydrogen (secondary N) is 2. The molecular formula is C16H22N4O3. The van der Waals surface area contributed by atoms with Crippen LogP contribution in [0.25, 0.3) is 0 Å². The molecule has 1 saturated heterocycles. The zero-order valence-electron chi connectivity index (χ0n) is 13.5. The van der Waals surface area contributed by atoms with Crippen molar-refractivity contribution in [3.63, 3.8) is 0 Å². The Balaban J connectivity index is 1.88. The van der Waals surface area contributed by atoms with Gasteiger partial charge in [-0.05, 0) is 25.2 Å². The fourth-order valence-electron chi connectivity index (χ4n) is 2.92. The molecule has 0 radical (unpaired) electrons. The predicted octanol–water partition coefficient (Wildman–Crippen LogP) is 0.634. The van der Waals surface area contributed by atoms with Crippen molar-refractivity contribution in [1.29, 1.82) is 0 Å². The van der Waals surface area contributed by atoms with Crippen LogP contribution in [0.4, 0.5) is 0 Å². The molecule has 0 bridgehead atoms. The summed E-state index contributed by atoms with van der Waals surface area (Å²) >= 11 is 0. The number of H-pyrrole nitrogens is 1. The molecule has 2 aliphatic rings. The lowest BCUT2D eigenvalue weighted by Crippen LogP contribution is -2.57. The first-order valence-electron chi connectivity index (χ1n) is 8.15. The number of rotatable bonds is 4. The Bertz CT molecular complexity index is 678. The molecule has 1 aromatic heterocycles. The first-order valence-corrected chi connectivity index (χ1v) is 8.15. The van der Waals surface area contributed by atoms with Crippen LogP contribution < -0.4 is 10.9 Å². The van der Waals surface area contributed by atoms with Gasteiger partial charge in [-0.3, -0.25) is 14.4 Å². The first kappa shape index (κ1) is 15.7. The molecule has 124 valence electrons. The van der Waals surface area contributed by atoms with Crippen molar-refractivity contribution in [1.82, 2.24) is 20.2 Å². The summed E-state index contributed by atoms with van der Waals surface area (Å²) < 4.78 is 0. The van der Waals surface area contributed by atoms with Crippen LogP contribution in [0.15, 0.2) is 10.9 Å². The van der Waals surface area contributed by atoms with Gasteiger partial charge in [0.1, 0.15) is 17.6 Å². The Morgan fingerprint density at radius 3 is 2.78 bits per heavy atom.